The molecule has 1 atom stereocenters. The Morgan fingerprint density at radius 2 is 2.12 bits per heavy atom. The third-order valence-corrected chi connectivity index (χ3v) is 4.82. The number of benzene rings is 1. The molecule has 0 aromatic heterocycles. The minimum atomic E-state index is 0.434. The number of hydrogen-bond acceptors (Lipinski definition) is 2. The Morgan fingerprint density at radius 3 is 2.76 bits per heavy atom. The van der Waals surface area contributed by atoms with E-state index in [4.69, 9.17) is 4.74 Å². The summed E-state index contributed by atoms with van der Waals surface area (Å²) in [6.45, 7) is 1.79. The Kier molecular flexibility index (Phi) is 5.26. The van der Waals surface area contributed by atoms with Gasteiger partial charge in [0.15, 0.2) is 0 Å². The first kappa shape index (κ1) is 13.8. The molecule has 0 bridgehead atoms. The van der Waals surface area contributed by atoms with Crippen LogP contribution in [0.1, 0.15) is 24.4 Å². The van der Waals surface area contributed by atoms with Crippen molar-refractivity contribution in [1.82, 2.24) is 5.32 Å². The first-order valence-electron chi connectivity index (χ1n) is 5.92. The van der Waals surface area contributed by atoms with Gasteiger partial charge >= 0.3 is 0 Å². The summed E-state index contributed by atoms with van der Waals surface area (Å²) in [5.74, 6) is 0.677. The summed E-state index contributed by atoms with van der Waals surface area (Å²) in [6, 6.07) is 6.94. The van der Waals surface area contributed by atoms with Crippen molar-refractivity contribution < 1.29 is 4.74 Å². The van der Waals surface area contributed by atoms with Gasteiger partial charge in [-0.25, -0.2) is 0 Å². The lowest BCUT2D eigenvalue weighted by Gasteiger charge is -2.31. The second-order valence-corrected chi connectivity index (χ2v) is 6.46. The van der Waals surface area contributed by atoms with Crippen LogP contribution in [-0.4, -0.2) is 20.3 Å². The molecule has 2 rings (SSSR count). The molecule has 1 N–H and O–H groups in total. The minimum absolute atomic E-state index is 0.434. The summed E-state index contributed by atoms with van der Waals surface area (Å²) in [5, 5.41) is 3.47. The molecule has 2 nitrogen and oxygen atoms in total. The first-order chi connectivity index (χ1) is 8.22. The van der Waals surface area contributed by atoms with Crippen molar-refractivity contribution in [2.24, 2.45) is 5.92 Å². The fourth-order valence-electron chi connectivity index (χ4n) is 2.45. The van der Waals surface area contributed by atoms with Crippen LogP contribution >= 0.6 is 38.5 Å². The Morgan fingerprint density at radius 1 is 1.41 bits per heavy atom. The third-order valence-electron chi connectivity index (χ3n) is 3.34. The highest BCUT2D eigenvalue weighted by Gasteiger charge is 2.25. The van der Waals surface area contributed by atoms with Crippen LogP contribution in [0, 0.1) is 9.49 Å². The lowest BCUT2D eigenvalue weighted by molar-refractivity contribution is 0.0545. The predicted molar refractivity (Wildman–Crippen MR) is 82.2 cm³/mol. The molecule has 0 spiro atoms. The van der Waals surface area contributed by atoms with Crippen molar-refractivity contribution in [3.63, 3.8) is 0 Å². The van der Waals surface area contributed by atoms with E-state index in [1.165, 1.54) is 9.13 Å². The fraction of sp³-hybridized carbons (Fsp3) is 0.538. The van der Waals surface area contributed by atoms with Crippen LogP contribution in [0.5, 0.6) is 0 Å². The summed E-state index contributed by atoms with van der Waals surface area (Å²) in [7, 11) is 2.05. The maximum absolute atomic E-state index is 5.45. The van der Waals surface area contributed by atoms with Crippen molar-refractivity contribution in [3.8, 4) is 0 Å². The van der Waals surface area contributed by atoms with E-state index in [0.29, 0.717) is 12.0 Å². The van der Waals surface area contributed by atoms with Gasteiger partial charge in [-0.3, -0.25) is 0 Å². The number of halogens is 2. The molecule has 4 heteroatoms. The molecular formula is C13H17BrINO. The molecule has 1 fully saturated rings. The van der Waals surface area contributed by atoms with Crippen molar-refractivity contribution in [3.05, 3.63) is 31.8 Å². The van der Waals surface area contributed by atoms with Crippen LogP contribution in [-0.2, 0) is 4.74 Å². The van der Waals surface area contributed by atoms with E-state index < -0.39 is 0 Å². The van der Waals surface area contributed by atoms with Crippen molar-refractivity contribution in [1.29, 1.82) is 0 Å². The maximum atomic E-state index is 5.45. The molecule has 0 radical (unpaired) electrons. The van der Waals surface area contributed by atoms with E-state index in [1.54, 1.807) is 0 Å². The van der Waals surface area contributed by atoms with Gasteiger partial charge in [-0.05, 0) is 72.2 Å². The Bertz CT molecular complexity index is 380. The molecule has 0 saturated carbocycles. The molecular weight excluding hydrogens is 393 g/mol. The molecule has 1 aliphatic heterocycles. The van der Waals surface area contributed by atoms with Gasteiger partial charge in [0, 0.05) is 27.3 Å². The molecule has 1 aromatic rings. The summed E-state index contributed by atoms with van der Waals surface area (Å²) >= 11 is 5.98. The fourth-order valence-corrected chi connectivity index (χ4v) is 3.50. The van der Waals surface area contributed by atoms with Gasteiger partial charge in [-0.1, -0.05) is 15.9 Å². The highest BCUT2D eigenvalue weighted by atomic mass is 127. The van der Waals surface area contributed by atoms with Gasteiger partial charge in [-0.15, -0.1) is 0 Å². The number of rotatable bonds is 3. The van der Waals surface area contributed by atoms with Gasteiger partial charge in [0.25, 0.3) is 0 Å². The minimum Gasteiger partial charge on any atom is -0.381 e. The zero-order valence-corrected chi connectivity index (χ0v) is 13.6. The zero-order chi connectivity index (χ0) is 12.3. The molecule has 0 amide bonds. The van der Waals surface area contributed by atoms with E-state index in [9.17, 15) is 0 Å². The monoisotopic (exact) mass is 409 g/mol. The third kappa shape index (κ3) is 3.43. The van der Waals surface area contributed by atoms with Gasteiger partial charge in [0.1, 0.15) is 0 Å². The van der Waals surface area contributed by atoms with Crippen LogP contribution in [0.25, 0.3) is 0 Å². The Balaban J connectivity index is 2.24. The van der Waals surface area contributed by atoms with Gasteiger partial charge in [-0.2, -0.15) is 0 Å². The SMILES string of the molecule is CNC(c1cc(Br)ccc1I)C1CCOCC1. The maximum Gasteiger partial charge on any atom is 0.0469 e. The molecule has 0 aliphatic carbocycles. The lowest BCUT2D eigenvalue weighted by atomic mass is 9.87. The topological polar surface area (TPSA) is 21.3 Å². The van der Waals surface area contributed by atoms with E-state index in [-0.39, 0.29) is 0 Å². The van der Waals surface area contributed by atoms with Crippen LogP contribution in [0.3, 0.4) is 0 Å². The molecule has 1 unspecified atom stereocenters. The average Bonchev–Trinajstić information content (AvgIpc) is 2.36. The van der Waals surface area contributed by atoms with Gasteiger partial charge < -0.3 is 10.1 Å². The van der Waals surface area contributed by atoms with Crippen LogP contribution in [0.4, 0.5) is 0 Å². The number of hydrogen-bond donors (Lipinski definition) is 1. The Labute approximate surface area is 125 Å². The van der Waals surface area contributed by atoms with Crippen LogP contribution in [0.2, 0.25) is 0 Å². The predicted octanol–water partition coefficient (Wildman–Crippen LogP) is 3.74. The standard InChI is InChI=1S/C13H17BrINO/c1-16-13(9-4-6-17-7-5-9)11-8-10(14)2-3-12(11)15/h2-3,8-9,13,16H,4-7H2,1H3. The first-order valence-corrected chi connectivity index (χ1v) is 7.79. The smallest absolute Gasteiger partial charge is 0.0469 e. The molecule has 1 aliphatic rings. The molecule has 94 valence electrons. The largest absolute Gasteiger partial charge is 0.381 e. The lowest BCUT2D eigenvalue weighted by Crippen LogP contribution is -2.30. The Hall–Kier alpha value is 0.350. The quantitative estimate of drug-likeness (QED) is 0.767. The number of ether oxygens (including phenoxy) is 1. The van der Waals surface area contributed by atoms with Crippen molar-refractivity contribution >= 4 is 38.5 Å². The van der Waals surface area contributed by atoms with Crippen molar-refractivity contribution in [2.45, 2.75) is 18.9 Å². The molecule has 1 aromatic carbocycles. The van der Waals surface area contributed by atoms with E-state index >= 15 is 0 Å². The molecule has 1 heterocycles. The van der Waals surface area contributed by atoms with Crippen LogP contribution in [0.15, 0.2) is 22.7 Å². The summed E-state index contributed by atoms with van der Waals surface area (Å²) in [6.07, 6.45) is 2.29. The number of nitrogens with one attached hydrogen (secondary N) is 1. The second kappa shape index (κ2) is 6.50. The zero-order valence-electron chi connectivity index (χ0n) is 9.88. The van der Waals surface area contributed by atoms with Gasteiger partial charge in [0.05, 0.1) is 0 Å². The average molecular weight is 410 g/mol. The molecule has 17 heavy (non-hydrogen) atoms. The second-order valence-electron chi connectivity index (χ2n) is 4.38. The van der Waals surface area contributed by atoms with E-state index in [2.05, 4.69) is 69.1 Å². The van der Waals surface area contributed by atoms with E-state index in [1.807, 2.05) is 0 Å². The molecule has 1 saturated heterocycles. The normalized spacial score (nSPS) is 19.2. The highest BCUT2D eigenvalue weighted by Crippen LogP contribution is 2.33. The van der Waals surface area contributed by atoms with Crippen molar-refractivity contribution in [2.75, 3.05) is 20.3 Å². The van der Waals surface area contributed by atoms with Gasteiger partial charge in [0.2, 0.25) is 0 Å². The van der Waals surface area contributed by atoms with Crippen LogP contribution < -0.4 is 5.32 Å². The van der Waals surface area contributed by atoms with E-state index in [0.717, 1.165) is 30.5 Å². The summed E-state index contributed by atoms with van der Waals surface area (Å²) < 4.78 is 7.93. The summed E-state index contributed by atoms with van der Waals surface area (Å²) in [5.41, 5.74) is 1.40. The highest BCUT2D eigenvalue weighted by molar-refractivity contribution is 14.1. The summed E-state index contributed by atoms with van der Waals surface area (Å²) in [4.78, 5) is 0.